The van der Waals surface area contributed by atoms with Crippen LogP contribution in [0.15, 0.2) is 66.7 Å². The lowest BCUT2D eigenvalue weighted by atomic mass is 9.84. The van der Waals surface area contributed by atoms with Gasteiger partial charge < -0.3 is 38.1 Å². The van der Waals surface area contributed by atoms with E-state index < -0.39 is 59.6 Å². The standard InChI is InChI=1S/C41H55N7O7/c42-23-9-7-16-32-40(54)48-34(25-27-11-3-1-4-12-27)41(55)47-33(26-28-17-19-30(20-18-28)37(51)29-13-5-2-6-14-29)39(53)44-24-10-8-15-31(38(43)52)45-35(49)21-22-36(50)46-32/h2,5-6,13-14,17-22,27,31-34H,1,3-4,7-12,15-16,23-26,42H2,(H2,43,52)(H,44,53)(H,45,49)(H,46,50)(H,47,55)(H,48,54)/t31-,32-,33+,34-/m0/s1. The van der Waals surface area contributed by atoms with Crippen LogP contribution in [0.4, 0.5) is 0 Å². The maximum atomic E-state index is 14.2. The third kappa shape index (κ3) is 14.1. The summed E-state index contributed by atoms with van der Waals surface area (Å²) in [5.41, 5.74) is 12.9. The fraction of sp³-hybridized carbons (Fsp3) is 0.488. The van der Waals surface area contributed by atoms with Crippen molar-refractivity contribution in [3.8, 4) is 0 Å². The lowest BCUT2D eigenvalue weighted by Crippen LogP contribution is -2.57. The molecular formula is C41H55N7O7. The Kier molecular flexibility index (Phi) is 17.0. The second kappa shape index (κ2) is 22.1. The molecule has 9 N–H and O–H groups in total. The van der Waals surface area contributed by atoms with Crippen LogP contribution in [0.3, 0.4) is 0 Å². The number of nitrogens with two attached hydrogens (primary N) is 2. The van der Waals surface area contributed by atoms with Crippen LogP contribution < -0.4 is 38.1 Å². The first-order valence-corrected chi connectivity index (χ1v) is 19.4. The number of nitrogens with one attached hydrogen (secondary N) is 5. The Bertz CT molecular complexity index is 1660. The zero-order chi connectivity index (χ0) is 39.6. The van der Waals surface area contributed by atoms with E-state index in [1.54, 1.807) is 48.5 Å². The molecule has 0 aromatic heterocycles. The summed E-state index contributed by atoms with van der Waals surface area (Å²) >= 11 is 0. The Labute approximate surface area is 322 Å². The van der Waals surface area contributed by atoms with Gasteiger partial charge in [0.05, 0.1) is 0 Å². The maximum Gasteiger partial charge on any atom is 0.244 e. The monoisotopic (exact) mass is 757 g/mol. The Morgan fingerprint density at radius 2 is 1.25 bits per heavy atom. The number of unbranched alkanes of at least 4 members (excludes halogenated alkanes) is 1. The van der Waals surface area contributed by atoms with Gasteiger partial charge >= 0.3 is 0 Å². The molecule has 2 aromatic carbocycles. The van der Waals surface area contributed by atoms with Crippen molar-refractivity contribution in [3.05, 3.63) is 83.4 Å². The summed E-state index contributed by atoms with van der Waals surface area (Å²) in [6, 6.07) is 11.7. The summed E-state index contributed by atoms with van der Waals surface area (Å²) in [5.74, 6) is -3.71. The highest BCUT2D eigenvalue weighted by atomic mass is 16.2. The molecule has 0 spiro atoms. The Morgan fingerprint density at radius 3 is 1.93 bits per heavy atom. The fourth-order valence-electron chi connectivity index (χ4n) is 6.97. The van der Waals surface area contributed by atoms with Crippen molar-refractivity contribution in [3.63, 3.8) is 0 Å². The van der Waals surface area contributed by atoms with Gasteiger partial charge in [-0.1, -0.05) is 86.7 Å². The van der Waals surface area contributed by atoms with E-state index in [1.807, 2.05) is 6.07 Å². The average Bonchev–Trinajstić information content (AvgIpc) is 3.18. The van der Waals surface area contributed by atoms with Crippen LogP contribution >= 0.6 is 0 Å². The molecule has 2 aliphatic rings. The molecule has 296 valence electrons. The average molecular weight is 758 g/mol. The molecule has 14 nitrogen and oxygen atoms in total. The van der Waals surface area contributed by atoms with Gasteiger partial charge in [-0.15, -0.1) is 0 Å². The topological polar surface area (TPSA) is 232 Å². The number of ketones is 1. The van der Waals surface area contributed by atoms with Gasteiger partial charge in [0.1, 0.15) is 24.2 Å². The predicted octanol–water partition coefficient (Wildman–Crippen LogP) is 1.84. The molecule has 2 aromatic rings. The quantitative estimate of drug-likeness (QED) is 0.132. The molecule has 0 bridgehead atoms. The zero-order valence-electron chi connectivity index (χ0n) is 31.4. The molecule has 55 heavy (non-hydrogen) atoms. The van der Waals surface area contributed by atoms with Crippen LogP contribution in [0.25, 0.3) is 0 Å². The Hall–Kier alpha value is -5.37. The number of hydrogen-bond donors (Lipinski definition) is 7. The molecule has 1 fully saturated rings. The molecule has 0 saturated heterocycles. The van der Waals surface area contributed by atoms with Gasteiger partial charge in [-0.25, -0.2) is 0 Å². The lowest BCUT2D eigenvalue weighted by Gasteiger charge is -2.29. The van der Waals surface area contributed by atoms with Crippen LogP contribution in [0, 0.1) is 5.92 Å². The number of rotatable bonds is 11. The van der Waals surface area contributed by atoms with E-state index in [9.17, 15) is 33.6 Å². The molecule has 0 radical (unpaired) electrons. The van der Waals surface area contributed by atoms with Crippen molar-refractivity contribution in [2.24, 2.45) is 17.4 Å². The molecular weight excluding hydrogens is 702 g/mol. The zero-order valence-corrected chi connectivity index (χ0v) is 31.4. The summed E-state index contributed by atoms with van der Waals surface area (Å²) < 4.78 is 0. The van der Waals surface area contributed by atoms with Crippen molar-refractivity contribution >= 4 is 41.2 Å². The molecule has 4 rings (SSSR count). The minimum atomic E-state index is -1.05. The van der Waals surface area contributed by atoms with Gasteiger partial charge in [0.2, 0.25) is 35.4 Å². The van der Waals surface area contributed by atoms with Gasteiger partial charge in [-0.2, -0.15) is 0 Å². The van der Waals surface area contributed by atoms with E-state index in [-0.39, 0.29) is 37.5 Å². The number of hydrogen-bond acceptors (Lipinski definition) is 8. The summed E-state index contributed by atoms with van der Waals surface area (Å²) in [6.07, 6.45) is 9.70. The van der Waals surface area contributed by atoms with E-state index in [2.05, 4.69) is 26.6 Å². The molecule has 4 atom stereocenters. The minimum absolute atomic E-state index is 0.0986. The van der Waals surface area contributed by atoms with Crippen LogP contribution in [0.1, 0.15) is 98.5 Å². The van der Waals surface area contributed by atoms with Gasteiger partial charge in [0, 0.05) is 36.2 Å². The van der Waals surface area contributed by atoms with Gasteiger partial charge in [0.15, 0.2) is 5.78 Å². The van der Waals surface area contributed by atoms with Crippen LogP contribution in [0.2, 0.25) is 0 Å². The first kappa shape index (κ1) is 42.4. The highest BCUT2D eigenvalue weighted by Crippen LogP contribution is 2.27. The summed E-state index contributed by atoms with van der Waals surface area (Å²) in [7, 11) is 0. The lowest BCUT2D eigenvalue weighted by molar-refractivity contribution is -0.133. The van der Waals surface area contributed by atoms with Crippen LogP contribution in [0.5, 0.6) is 0 Å². The van der Waals surface area contributed by atoms with E-state index in [4.69, 9.17) is 11.5 Å². The maximum absolute atomic E-state index is 14.2. The van der Waals surface area contributed by atoms with E-state index in [1.165, 1.54) is 0 Å². The van der Waals surface area contributed by atoms with Crippen molar-refractivity contribution in [2.75, 3.05) is 13.1 Å². The van der Waals surface area contributed by atoms with Crippen LogP contribution in [-0.2, 0) is 35.2 Å². The second-order valence-electron chi connectivity index (χ2n) is 14.4. The number of carbonyl (C=O) groups is 7. The normalized spacial score (nSPS) is 22.7. The SMILES string of the molecule is NCCCC[C@@H]1NC(=O)C=CC(=O)N[C@H](C(N)=O)CCCCNC(=O)[C@@H](Cc2ccc(C(=O)c3ccccc3)cc2)NC(=O)[C@H](CC2CCCCC2)NC1=O. The summed E-state index contributed by atoms with van der Waals surface area (Å²) in [6.45, 7) is 0.591. The molecule has 1 aliphatic heterocycles. The van der Waals surface area contributed by atoms with Crippen molar-refractivity contribution in [2.45, 2.75) is 108 Å². The third-order valence-corrected chi connectivity index (χ3v) is 10.1. The number of benzene rings is 2. The molecule has 6 amide bonds. The fourth-order valence-corrected chi connectivity index (χ4v) is 6.97. The van der Waals surface area contributed by atoms with Gasteiger partial charge in [-0.3, -0.25) is 33.6 Å². The largest absolute Gasteiger partial charge is 0.368 e. The highest BCUT2D eigenvalue weighted by molar-refractivity contribution is 6.09. The predicted molar refractivity (Wildman–Crippen MR) is 207 cm³/mol. The first-order chi connectivity index (χ1) is 26.5. The molecule has 0 unspecified atom stereocenters. The number of amides is 6. The third-order valence-electron chi connectivity index (χ3n) is 10.1. The highest BCUT2D eigenvalue weighted by Gasteiger charge is 2.32. The Morgan fingerprint density at radius 1 is 0.636 bits per heavy atom. The van der Waals surface area contributed by atoms with E-state index >= 15 is 0 Å². The Balaban J connectivity index is 1.61. The molecule has 1 heterocycles. The van der Waals surface area contributed by atoms with Crippen molar-refractivity contribution < 1.29 is 33.6 Å². The second-order valence-corrected chi connectivity index (χ2v) is 14.4. The van der Waals surface area contributed by atoms with Crippen molar-refractivity contribution in [1.82, 2.24) is 26.6 Å². The number of primary amides is 1. The summed E-state index contributed by atoms with van der Waals surface area (Å²) in [5, 5.41) is 13.8. The first-order valence-electron chi connectivity index (χ1n) is 19.4. The summed E-state index contributed by atoms with van der Waals surface area (Å²) in [4.78, 5) is 92.4. The van der Waals surface area contributed by atoms with Gasteiger partial charge in [0.25, 0.3) is 0 Å². The van der Waals surface area contributed by atoms with E-state index in [0.717, 1.165) is 44.3 Å². The minimum Gasteiger partial charge on any atom is -0.368 e. The molecule has 1 aliphatic carbocycles. The smallest absolute Gasteiger partial charge is 0.244 e. The van der Waals surface area contributed by atoms with Crippen molar-refractivity contribution in [1.29, 1.82) is 0 Å². The molecule has 14 heteroatoms. The van der Waals surface area contributed by atoms with Gasteiger partial charge in [-0.05, 0) is 63.0 Å². The number of carbonyl (C=O) groups excluding carboxylic acids is 7. The van der Waals surface area contributed by atoms with E-state index in [0.29, 0.717) is 55.3 Å². The molecule has 1 saturated carbocycles. The van der Waals surface area contributed by atoms with Crippen LogP contribution in [-0.4, -0.2) is 78.5 Å².